The lowest BCUT2D eigenvalue weighted by Crippen LogP contribution is -2.22. The highest BCUT2D eigenvalue weighted by Crippen LogP contribution is 2.24. The van der Waals surface area contributed by atoms with E-state index in [0.29, 0.717) is 0 Å². The summed E-state index contributed by atoms with van der Waals surface area (Å²) >= 11 is 0. The maximum Gasteiger partial charge on any atom is 0.178 e. The number of sulfone groups is 2. The normalized spacial score (nSPS) is 28.4. The molecule has 9 heteroatoms. The minimum Gasteiger partial charge on any atom is -0.390 e. The van der Waals surface area contributed by atoms with Crippen LogP contribution >= 0.6 is 0 Å². The van der Waals surface area contributed by atoms with Gasteiger partial charge in [0.25, 0.3) is 0 Å². The molecule has 1 aliphatic heterocycles. The Bertz CT molecular complexity index is 631. The molecule has 96 valence electrons. The summed E-state index contributed by atoms with van der Waals surface area (Å²) < 4.78 is 46.3. The van der Waals surface area contributed by atoms with Crippen LogP contribution in [-0.2, 0) is 19.7 Å². The van der Waals surface area contributed by atoms with Crippen LogP contribution in [0.25, 0.3) is 0 Å². The molecule has 17 heavy (non-hydrogen) atoms. The first-order chi connectivity index (χ1) is 7.69. The Kier molecular flexibility index (Phi) is 2.79. The van der Waals surface area contributed by atoms with Crippen molar-refractivity contribution in [3.05, 3.63) is 12.4 Å². The summed E-state index contributed by atoms with van der Waals surface area (Å²) in [5, 5.41) is 13.4. The van der Waals surface area contributed by atoms with E-state index in [0.717, 1.165) is 12.5 Å². The van der Waals surface area contributed by atoms with Crippen LogP contribution in [-0.4, -0.2) is 55.6 Å². The van der Waals surface area contributed by atoms with Gasteiger partial charge in [-0.2, -0.15) is 5.10 Å². The zero-order valence-corrected chi connectivity index (χ0v) is 10.6. The molecule has 2 rings (SSSR count). The standard InChI is InChI=1S/C8H12N2O5S2/c1-16(12,13)6-2-9-10(3-6)7-4-17(14,15)5-8(7)11/h2-3,7-8,11H,4-5H2,1H3. The number of aliphatic hydroxyl groups is 1. The molecule has 1 aromatic rings. The van der Waals surface area contributed by atoms with Crippen LogP contribution in [0, 0.1) is 0 Å². The number of aliphatic hydroxyl groups excluding tert-OH is 1. The molecule has 1 saturated heterocycles. The third-order valence-corrected chi connectivity index (χ3v) is 5.41. The van der Waals surface area contributed by atoms with Crippen molar-refractivity contribution in [1.82, 2.24) is 9.78 Å². The number of rotatable bonds is 2. The summed E-state index contributed by atoms with van der Waals surface area (Å²) in [4.78, 5) is 0.00833. The molecule has 1 aromatic heterocycles. The fourth-order valence-electron chi connectivity index (χ4n) is 1.76. The molecule has 7 nitrogen and oxygen atoms in total. The Labute approximate surface area is 98.9 Å². The number of aromatic nitrogens is 2. The largest absolute Gasteiger partial charge is 0.390 e. The smallest absolute Gasteiger partial charge is 0.178 e. The Morgan fingerprint density at radius 2 is 2.12 bits per heavy atom. The van der Waals surface area contributed by atoms with E-state index >= 15 is 0 Å². The van der Waals surface area contributed by atoms with Crippen molar-refractivity contribution in [3.63, 3.8) is 0 Å². The molecule has 0 spiro atoms. The lowest BCUT2D eigenvalue weighted by molar-refractivity contribution is 0.146. The number of hydrogen-bond donors (Lipinski definition) is 1. The van der Waals surface area contributed by atoms with Gasteiger partial charge in [-0.15, -0.1) is 0 Å². The maximum atomic E-state index is 11.3. The Hall–Kier alpha value is -0.930. The van der Waals surface area contributed by atoms with Gasteiger partial charge in [-0.1, -0.05) is 0 Å². The van der Waals surface area contributed by atoms with Crippen molar-refractivity contribution < 1.29 is 21.9 Å². The molecule has 0 bridgehead atoms. The van der Waals surface area contributed by atoms with Gasteiger partial charge in [0.1, 0.15) is 4.90 Å². The molecule has 1 N–H and O–H groups in total. The number of hydrogen-bond acceptors (Lipinski definition) is 6. The van der Waals surface area contributed by atoms with E-state index < -0.39 is 31.8 Å². The molecule has 2 unspecified atom stereocenters. The third-order valence-electron chi connectivity index (χ3n) is 2.64. The number of nitrogens with zero attached hydrogens (tertiary/aromatic N) is 2. The summed E-state index contributed by atoms with van der Waals surface area (Å²) in [5.74, 6) is -0.537. The Morgan fingerprint density at radius 3 is 2.53 bits per heavy atom. The predicted molar refractivity (Wildman–Crippen MR) is 59.0 cm³/mol. The molecule has 0 radical (unpaired) electrons. The molecule has 0 amide bonds. The minimum atomic E-state index is -3.37. The van der Waals surface area contributed by atoms with Crippen LogP contribution < -0.4 is 0 Å². The van der Waals surface area contributed by atoms with Crippen LogP contribution in [0.1, 0.15) is 6.04 Å². The highest BCUT2D eigenvalue weighted by atomic mass is 32.2. The second-order valence-electron chi connectivity index (χ2n) is 4.14. The van der Waals surface area contributed by atoms with E-state index in [1.807, 2.05) is 0 Å². The van der Waals surface area contributed by atoms with Crippen molar-refractivity contribution in [3.8, 4) is 0 Å². The second kappa shape index (κ2) is 3.79. The van der Waals surface area contributed by atoms with Crippen LogP contribution in [0.2, 0.25) is 0 Å². The fraction of sp³-hybridized carbons (Fsp3) is 0.625. The molecule has 1 aliphatic rings. The van der Waals surface area contributed by atoms with Crippen molar-refractivity contribution in [2.75, 3.05) is 17.8 Å². The summed E-state index contributed by atoms with van der Waals surface area (Å²) in [5.41, 5.74) is 0. The Balaban J connectivity index is 2.34. The first kappa shape index (κ1) is 12.5. The van der Waals surface area contributed by atoms with E-state index in [1.165, 1.54) is 10.9 Å². The highest BCUT2D eigenvalue weighted by molar-refractivity contribution is 7.91. The highest BCUT2D eigenvalue weighted by Gasteiger charge is 2.38. The van der Waals surface area contributed by atoms with E-state index in [4.69, 9.17) is 0 Å². The summed E-state index contributed by atoms with van der Waals surface area (Å²) in [6.45, 7) is 0. The van der Waals surface area contributed by atoms with Crippen LogP contribution in [0.15, 0.2) is 17.3 Å². The van der Waals surface area contributed by atoms with Gasteiger partial charge in [-0.25, -0.2) is 16.8 Å². The van der Waals surface area contributed by atoms with Gasteiger partial charge in [0.05, 0.1) is 29.8 Å². The first-order valence-corrected chi connectivity index (χ1v) is 8.53. The van der Waals surface area contributed by atoms with Gasteiger partial charge in [0.15, 0.2) is 19.7 Å². The fourth-order valence-corrected chi connectivity index (χ4v) is 4.07. The van der Waals surface area contributed by atoms with Crippen LogP contribution in [0.5, 0.6) is 0 Å². The summed E-state index contributed by atoms with van der Waals surface area (Å²) in [6, 6.07) is -0.713. The third kappa shape index (κ3) is 2.50. The van der Waals surface area contributed by atoms with Gasteiger partial charge in [-0.05, 0) is 0 Å². The predicted octanol–water partition coefficient (Wildman–Crippen LogP) is -1.38. The Morgan fingerprint density at radius 1 is 1.47 bits per heavy atom. The molecule has 2 atom stereocenters. The summed E-state index contributed by atoms with van der Waals surface area (Å²) in [6.07, 6.45) is 2.38. The molecule has 0 saturated carbocycles. The lowest BCUT2D eigenvalue weighted by Gasteiger charge is -2.12. The zero-order valence-electron chi connectivity index (χ0n) is 9.01. The quantitative estimate of drug-likeness (QED) is 0.715. The van der Waals surface area contributed by atoms with Gasteiger partial charge in [0.2, 0.25) is 0 Å². The van der Waals surface area contributed by atoms with Crippen LogP contribution in [0.4, 0.5) is 0 Å². The van der Waals surface area contributed by atoms with Crippen molar-refractivity contribution >= 4 is 19.7 Å². The monoisotopic (exact) mass is 280 g/mol. The SMILES string of the molecule is CS(=O)(=O)c1cnn(C2CS(=O)(=O)CC2O)c1. The molecule has 2 heterocycles. The lowest BCUT2D eigenvalue weighted by atomic mass is 10.2. The van der Waals surface area contributed by atoms with E-state index in [1.54, 1.807) is 0 Å². The molecular weight excluding hydrogens is 268 g/mol. The average molecular weight is 280 g/mol. The van der Waals surface area contributed by atoms with Crippen molar-refractivity contribution in [1.29, 1.82) is 0 Å². The molecule has 0 aromatic carbocycles. The second-order valence-corrected chi connectivity index (χ2v) is 8.31. The summed E-state index contributed by atoms with van der Waals surface area (Å²) in [7, 11) is -6.65. The van der Waals surface area contributed by atoms with Crippen LogP contribution in [0.3, 0.4) is 0 Å². The molecule has 0 aliphatic carbocycles. The molecular formula is C8H12N2O5S2. The van der Waals surface area contributed by atoms with Gasteiger partial charge in [-0.3, -0.25) is 4.68 Å². The van der Waals surface area contributed by atoms with Crippen molar-refractivity contribution in [2.45, 2.75) is 17.0 Å². The first-order valence-electron chi connectivity index (χ1n) is 4.82. The minimum absolute atomic E-state index is 0.00833. The topological polar surface area (TPSA) is 106 Å². The average Bonchev–Trinajstić information content (AvgIpc) is 2.68. The van der Waals surface area contributed by atoms with E-state index in [-0.39, 0.29) is 16.4 Å². The zero-order chi connectivity index (χ0) is 12.8. The maximum absolute atomic E-state index is 11.3. The van der Waals surface area contributed by atoms with Gasteiger partial charge >= 0.3 is 0 Å². The van der Waals surface area contributed by atoms with E-state index in [9.17, 15) is 21.9 Å². The van der Waals surface area contributed by atoms with Gasteiger partial charge in [0, 0.05) is 12.5 Å². The van der Waals surface area contributed by atoms with E-state index in [2.05, 4.69) is 5.10 Å². The van der Waals surface area contributed by atoms with Crippen molar-refractivity contribution in [2.24, 2.45) is 0 Å². The molecule has 1 fully saturated rings. The van der Waals surface area contributed by atoms with Gasteiger partial charge < -0.3 is 5.11 Å².